The Bertz CT molecular complexity index is 323. The van der Waals surface area contributed by atoms with Gasteiger partial charge in [-0.3, -0.25) is 9.89 Å². The summed E-state index contributed by atoms with van der Waals surface area (Å²) in [5.74, 6) is 2.19. The summed E-state index contributed by atoms with van der Waals surface area (Å²) in [4.78, 5) is 7.13. The smallest absolute Gasteiger partial charge is 0.188 e. The van der Waals surface area contributed by atoms with Crippen LogP contribution in [0, 0.1) is 11.8 Å². The highest BCUT2D eigenvalue weighted by Crippen LogP contribution is 2.27. The molecule has 1 aliphatic heterocycles. The van der Waals surface area contributed by atoms with Gasteiger partial charge in [-0.15, -0.1) is 0 Å². The van der Waals surface area contributed by atoms with E-state index < -0.39 is 0 Å². The molecule has 0 radical (unpaired) electrons. The monoisotopic (exact) mass is 266 g/mol. The van der Waals surface area contributed by atoms with E-state index in [9.17, 15) is 0 Å². The molecular formula is C15H30N4. The molecule has 0 amide bonds. The van der Waals surface area contributed by atoms with Crippen molar-refractivity contribution >= 4 is 5.96 Å². The summed E-state index contributed by atoms with van der Waals surface area (Å²) in [5.41, 5.74) is 6.02. The van der Waals surface area contributed by atoms with Gasteiger partial charge in [0.15, 0.2) is 5.96 Å². The first-order valence-corrected chi connectivity index (χ1v) is 7.68. The third-order valence-corrected chi connectivity index (χ3v) is 4.29. The van der Waals surface area contributed by atoms with Gasteiger partial charge in [0.25, 0.3) is 0 Å². The van der Waals surface area contributed by atoms with Gasteiger partial charge >= 0.3 is 0 Å². The zero-order valence-electron chi connectivity index (χ0n) is 12.9. The molecular weight excluding hydrogens is 236 g/mol. The third kappa shape index (κ3) is 4.37. The normalized spacial score (nSPS) is 30.4. The van der Waals surface area contributed by atoms with Gasteiger partial charge < -0.3 is 11.1 Å². The van der Waals surface area contributed by atoms with Gasteiger partial charge in [-0.25, -0.2) is 0 Å². The number of nitrogens with zero attached hydrogens (tertiary/aromatic N) is 2. The van der Waals surface area contributed by atoms with E-state index in [1.54, 1.807) is 0 Å². The first-order chi connectivity index (χ1) is 8.87. The van der Waals surface area contributed by atoms with E-state index in [4.69, 9.17) is 5.73 Å². The molecule has 0 aromatic carbocycles. The molecule has 1 heterocycles. The van der Waals surface area contributed by atoms with Crippen LogP contribution in [0.4, 0.5) is 0 Å². The van der Waals surface area contributed by atoms with Crippen LogP contribution in [-0.2, 0) is 0 Å². The molecule has 0 aromatic rings. The molecule has 0 bridgehead atoms. The SMILES string of the molecule is CC1CC(C)CN(C(C)(C)CN=C(N)NC2CC2)C1. The zero-order valence-corrected chi connectivity index (χ0v) is 12.9. The molecule has 0 aromatic heterocycles. The Labute approximate surface area is 117 Å². The van der Waals surface area contributed by atoms with Crippen molar-refractivity contribution < 1.29 is 0 Å². The maximum Gasteiger partial charge on any atom is 0.188 e. The summed E-state index contributed by atoms with van der Waals surface area (Å²) >= 11 is 0. The highest BCUT2D eigenvalue weighted by atomic mass is 15.2. The van der Waals surface area contributed by atoms with Gasteiger partial charge in [0.05, 0.1) is 6.54 Å². The van der Waals surface area contributed by atoms with Crippen LogP contribution in [0.25, 0.3) is 0 Å². The summed E-state index contributed by atoms with van der Waals surface area (Å²) in [5, 5.41) is 3.26. The molecule has 2 unspecified atom stereocenters. The minimum Gasteiger partial charge on any atom is -0.370 e. The Kier molecular flexibility index (Phi) is 4.39. The number of aliphatic imine (C=N–C) groups is 1. The van der Waals surface area contributed by atoms with Crippen LogP contribution in [0.2, 0.25) is 0 Å². The molecule has 0 spiro atoms. The minimum atomic E-state index is 0.0960. The van der Waals surface area contributed by atoms with Crippen molar-refractivity contribution in [3.63, 3.8) is 0 Å². The van der Waals surface area contributed by atoms with E-state index in [-0.39, 0.29) is 5.54 Å². The lowest BCUT2D eigenvalue weighted by Crippen LogP contribution is -2.53. The summed E-state index contributed by atoms with van der Waals surface area (Å²) in [7, 11) is 0. The fourth-order valence-corrected chi connectivity index (χ4v) is 3.02. The average molecular weight is 266 g/mol. The number of nitrogens with one attached hydrogen (secondary N) is 1. The summed E-state index contributed by atoms with van der Waals surface area (Å²) in [6, 6.07) is 0.585. The Morgan fingerprint density at radius 3 is 2.37 bits per heavy atom. The predicted molar refractivity (Wildman–Crippen MR) is 81.2 cm³/mol. The second-order valence-electron chi connectivity index (χ2n) is 7.28. The quantitative estimate of drug-likeness (QED) is 0.603. The van der Waals surface area contributed by atoms with Gasteiger partial charge in [0.1, 0.15) is 0 Å². The van der Waals surface area contributed by atoms with Gasteiger partial charge in [-0.2, -0.15) is 0 Å². The van der Waals surface area contributed by atoms with E-state index in [1.165, 1.54) is 32.4 Å². The highest BCUT2D eigenvalue weighted by molar-refractivity contribution is 5.78. The maximum atomic E-state index is 5.93. The highest BCUT2D eigenvalue weighted by Gasteiger charge is 2.32. The number of guanidine groups is 1. The van der Waals surface area contributed by atoms with Crippen LogP contribution in [0.15, 0.2) is 4.99 Å². The van der Waals surface area contributed by atoms with Crippen LogP contribution in [0.1, 0.15) is 47.0 Å². The van der Waals surface area contributed by atoms with Crippen molar-refractivity contribution in [3.8, 4) is 0 Å². The van der Waals surface area contributed by atoms with Crippen molar-refractivity contribution in [2.45, 2.75) is 58.5 Å². The summed E-state index contributed by atoms with van der Waals surface area (Å²) in [6.45, 7) is 12.4. The third-order valence-electron chi connectivity index (χ3n) is 4.29. The summed E-state index contributed by atoms with van der Waals surface area (Å²) < 4.78 is 0. The van der Waals surface area contributed by atoms with Crippen LogP contribution in [0.3, 0.4) is 0 Å². The van der Waals surface area contributed by atoms with E-state index in [0.717, 1.165) is 18.4 Å². The molecule has 2 rings (SSSR count). The molecule has 4 heteroatoms. The molecule has 2 aliphatic rings. The Balaban J connectivity index is 1.88. The number of hydrogen-bond acceptors (Lipinski definition) is 2. The van der Waals surface area contributed by atoms with Gasteiger partial charge in [-0.05, 0) is 44.9 Å². The average Bonchev–Trinajstić information content (AvgIpc) is 3.09. The van der Waals surface area contributed by atoms with Crippen molar-refractivity contribution in [1.29, 1.82) is 0 Å². The molecule has 110 valence electrons. The van der Waals surface area contributed by atoms with E-state index >= 15 is 0 Å². The second kappa shape index (κ2) is 5.70. The van der Waals surface area contributed by atoms with Crippen molar-refractivity contribution in [2.24, 2.45) is 22.6 Å². The lowest BCUT2D eigenvalue weighted by atomic mass is 9.88. The fourth-order valence-electron chi connectivity index (χ4n) is 3.02. The molecule has 2 fully saturated rings. The van der Waals surface area contributed by atoms with E-state index in [0.29, 0.717) is 12.0 Å². The van der Waals surface area contributed by atoms with Crippen LogP contribution < -0.4 is 11.1 Å². The second-order valence-corrected chi connectivity index (χ2v) is 7.28. The van der Waals surface area contributed by atoms with Crippen LogP contribution in [0.5, 0.6) is 0 Å². The Morgan fingerprint density at radius 2 is 1.84 bits per heavy atom. The van der Waals surface area contributed by atoms with E-state index in [1.807, 2.05) is 0 Å². The Morgan fingerprint density at radius 1 is 1.26 bits per heavy atom. The van der Waals surface area contributed by atoms with Gasteiger partial charge in [0.2, 0.25) is 0 Å². The van der Waals surface area contributed by atoms with Crippen molar-refractivity contribution in [3.05, 3.63) is 0 Å². The zero-order chi connectivity index (χ0) is 14.0. The van der Waals surface area contributed by atoms with Crippen LogP contribution in [-0.4, -0.2) is 42.1 Å². The number of nitrogens with two attached hydrogens (primary N) is 1. The largest absolute Gasteiger partial charge is 0.370 e. The molecule has 1 saturated heterocycles. The number of hydrogen-bond donors (Lipinski definition) is 2. The molecule has 4 nitrogen and oxygen atoms in total. The van der Waals surface area contributed by atoms with Gasteiger partial charge in [0, 0.05) is 24.7 Å². The Hall–Kier alpha value is -0.770. The van der Waals surface area contributed by atoms with Gasteiger partial charge in [-0.1, -0.05) is 13.8 Å². The topological polar surface area (TPSA) is 53.6 Å². The molecule has 1 saturated carbocycles. The van der Waals surface area contributed by atoms with Crippen molar-refractivity contribution in [1.82, 2.24) is 10.2 Å². The number of likely N-dealkylation sites (tertiary alicyclic amines) is 1. The number of piperidine rings is 1. The molecule has 2 atom stereocenters. The minimum absolute atomic E-state index is 0.0960. The van der Waals surface area contributed by atoms with Crippen LogP contribution >= 0.6 is 0 Å². The lowest BCUT2D eigenvalue weighted by molar-refractivity contribution is 0.0513. The molecule has 3 N–H and O–H groups in total. The summed E-state index contributed by atoms with van der Waals surface area (Å²) in [6.07, 6.45) is 3.82. The van der Waals surface area contributed by atoms with E-state index in [2.05, 4.69) is 42.9 Å². The first kappa shape index (κ1) is 14.6. The van der Waals surface area contributed by atoms with Crippen molar-refractivity contribution in [2.75, 3.05) is 19.6 Å². The first-order valence-electron chi connectivity index (χ1n) is 7.68. The maximum absolute atomic E-state index is 5.93. The lowest BCUT2D eigenvalue weighted by Gasteiger charge is -2.44. The standard InChI is InChI=1S/C15H30N4/c1-11-7-12(2)9-19(8-11)15(3,4)10-17-14(16)18-13-5-6-13/h11-13H,5-10H2,1-4H3,(H3,16,17,18). The fraction of sp³-hybridized carbons (Fsp3) is 0.933. The number of rotatable bonds is 4. The molecule has 1 aliphatic carbocycles. The molecule has 19 heavy (non-hydrogen) atoms. The predicted octanol–water partition coefficient (Wildman–Crippen LogP) is 1.81.